The van der Waals surface area contributed by atoms with Crippen molar-refractivity contribution >= 4 is 0 Å². The van der Waals surface area contributed by atoms with Crippen molar-refractivity contribution in [2.45, 2.75) is 77.5 Å². The van der Waals surface area contributed by atoms with Crippen molar-refractivity contribution in [2.24, 2.45) is 5.92 Å². The van der Waals surface area contributed by atoms with Gasteiger partial charge in [-0.15, -0.1) is 0 Å². The highest BCUT2D eigenvalue weighted by Crippen LogP contribution is 2.21. The Labute approximate surface area is 101 Å². The van der Waals surface area contributed by atoms with Crippen LogP contribution in [0.4, 0.5) is 0 Å². The van der Waals surface area contributed by atoms with Crippen LogP contribution < -0.4 is 5.32 Å². The topological polar surface area (TPSA) is 21.3 Å². The summed E-state index contributed by atoms with van der Waals surface area (Å²) >= 11 is 0. The van der Waals surface area contributed by atoms with Gasteiger partial charge in [0.15, 0.2) is 0 Å². The van der Waals surface area contributed by atoms with E-state index in [0.717, 1.165) is 5.92 Å². The summed E-state index contributed by atoms with van der Waals surface area (Å²) < 4.78 is 5.64. The van der Waals surface area contributed by atoms with E-state index in [-0.39, 0.29) is 0 Å². The van der Waals surface area contributed by atoms with Crippen LogP contribution in [-0.4, -0.2) is 25.3 Å². The third kappa shape index (κ3) is 4.06. The third-order valence-corrected chi connectivity index (χ3v) is 4.23. The molecular formula is C14H29NO. The quantitative estimate of drug-likeness (QED) is 0.727. The number of ether oxygens (including phenoxy) is 1. The Balaban J connectivity index is 2.47. The zero-order valence-electron chi connectivity index (χ0n) is 11.5. The lowest BCUT2D eigenvalue weighted by Gasteiger charge is -2.30. The minimum atomic E-state index is 0.425. The van der Waals surface area contributed by atoms with Crippen molar-refractivity contribution in [1.29, 1.82) is 0 Å². The Kier molecular flexibility index (Phi) is 6.37. The second kappa shape index (κ2) is 7.29. The summed E-state index contributed by atoms with van der Waals surface area (Å²) in [5.41, 5.74) is 0. The molecule has 0 heterocycles. The summed E-state index contributed by atoms with van der Waals surface area (Å²) in [7, 11) is 1.86. The highest BCUT2D eigenvalue weighted by atomic mass is 16.5. The molecule has 1 fully saturated rings. The molecule has 16 heavy (non-hydrogen) atoms. The van der Waals surface area contributed by atoms with Gasteiger partial charge in [0, 0.05) is 19.2 Å². The Morgan fingerprint density at radius 3 is 2.50 bits per heavy atom. The van der Waals surface area contributed by atoms with Crippen LogP contribution in [0.1, 0.15) is 59.3 Å². The Morgan fingerprint density at radius 2 is 1.88 bits per heavy atom. The SMILES string of the molecule is CCC(C)C(C)NC1CCCCCC1OC. The van der Waals surface area contributed by atoms with E-state index in [9.17, 15) is 0 Å². The summed E-state index contributed by atoms with van der Waals surface area (Å²) in [6, 6.07) is 1.17. The Bertz CT molecular complexity index is 184. The van der Waals surface area contributed by atoms with E-state index in [1.54, 1.807) is 0 Å². The molecule has 1 aliphatic rings. The predicted molar refractivity (Wildman–Crippen MR) is 69.7 cm³/mol. The minimum absolute atomic E-state index is 0.425. The Morgan fingerprint density at radius 1 is 1.19 bits per heavy atom. The summed E-state index contributed by atoms with van der Waals surface area (Å²) in [6.45, 7) is 6.91. The lowest BCUT2D eigenvalue weighted by molar-refractivity contribution is 0.0570. The molecule has 0 aromatic rings. The average molecular weight is 227 g/mol. The molecule has 2 nitrogen and oxygen atoms in total. The van der Waals surface area contributed by atoms with Gasteiger partial charge in [0.2, 0.25) is 0 Å². The first-order valence-corrected chi connectivity index (χ1v) is 6.97. The van der Waals surface area contributed by atoms with E-state index in [4.69, 9.17) is 4.74 Å². The number of methoxy groups -OCH3 is 1. The molecule has 1 aliphatic carbocycles. The van der Waals surface area contributed by atoms with Gasteiger partial charge in [-0.2, -0.15) is 0 Å². The largest absolute Gasteiger partial charge is 0.380 e. The predicted octanol–water partition coefficient (Wildman–Crippen LogP) is 3.36. The first-order chi connectivity index (χ1) is 7.69. The highest BCUT2D eigenvalue weighted by molar-refractivity contribution is 4.83. The van der Waals surface area contributed by atoms with E-state index in [1.807, 2.05) is 7.11 Å². The molecule has 1 saturated carbocycles. The molecule has 0 aromatic carbocycles. The summed E-state index contributed by atoms with van der Waals surface area (Å²) in [6.07, 6.45) is 8.22. The van der Waals surface area contributed by atoms with Crippen LogP contribution in [0.15, 0.2) is 0 Å². The van der Waals surface area contributed by atoms with E-state index < -0.39 is 0 Å². The second-order valence-corrected chi connectivity index (χ2v) is 5.36. The molecule has 2 heteroatoms. The van der Waals surface area contributed by atoms with Gasteiger partial charge in [-0.1, -0.05) is 39.5 Å². The molecule has 0 aromatic heterocycles. The molecule has 4 atom stereocenters. The first-order valence-electron chi connectivity index (χ1n) is 6.97. The monoisotopic (exact) mass is 227 g/mol. The van der Waals surface area contributed by atoms with Crippen LogP contribution >= 0.6 is 0 Å². The van der Waals surface area contributed by atoms with Gasteiger partial charge in [0.05, 0.1) is 6.10 Å². The normalized spacial score (nSPS) is 30.8. The molecule has 1 rings (SSSR count). The fraction of sp³-hybridized carbons (Fsp3) is 1.00. The Hall–Kier alpha value is -0.0800. The van der Waals surface area contributed by atoms with Gasteiger partial charge in [-0.05, 0) is 25.7 Å². The van der Waals surface area contributed by atoms with E-state index in [0.29, 0.717) is 18.2 Å². The third-order valence-electron chi connectivity index (χ3n) is 4.23. The van der Waals surface area contributed by atoms with Crippen LogP contribution in [0, 0.1) is 5.92 Å². The van der Waals surface area contributed by atoms with Gasteiger partial charge >= 0.3 is 0 Å². The molecule has 0 spiro atoms. The fourth-order valence-corrected chi connectivity index (χ4v) is 2.60. The zero-order chi connectivity index (χ0) is 12.0. The van der Waals surface area contributed by atoms with E-state index in [2.05, 4.69) is 26.1 Å². The van der Waals surface area contributed by atoms with Crippen molar-refractivity contribution < 1.29 is 4.74 Å². The molecule has 0 amide bonds. The van der Waals surface area contributed by atoms with Crippen molar-refractivity contribution in [3.8, 4) is 0 Å². The molecule has 1 N–H and O–H groups in total. The van der Waals surface area contributed by atoms with E-state index in [1.165, 1.54) is 38.5 Å². The first kappa shape index (κ1) is 14.0. The van der Waals surface area contributed by atoms with Crippen LogP contribution in [0.3, 0.4) is 0 Å². The lowest BCUT2D eigenvalue weighted by Crippen LogP contribution is -2.46. The molecule has 4 unspecified atom stereocenters. The van der Waals surface area contributed by atoms with Crippen LogP contribution in [-0.2, 0) is 4.74 Å². The number of hydrogen-bond donors (Lipinski definition) is 1. The minimum Gasteiger partial charge on any atom is -0.380 e. The lowest BCUT2D eigenvalue weighted by atomic mass is 9.97. The molecule has 0 radical (unpaired) electrons. The van der Waals surface area contributed by atoms with Crippen LogP contribution in [0.2, 0.25) is 0 Å². The average Bonchev–Trinajstić information content (AvgIpc) is 2.52. The second-order valence-electron chi connectivity index (χ2n) is 5.36. The standard InChI is InChI=1S/C14H29NO/c1-5-11(2)12(3)15-13-9-7-6-8-10-14(13)16-4/h11-15H,5-10H2,1-4H3. The molecule has 96 valence electrons. The van der Waals surface area contributed by atoms with Crippen molar-refractivity contribution in [1.82, 2.24) is 5.32 Å². The van der Waals surface area contributed by atoms with Crippen molar-refractivity contribution in [3.63, 3.8) is 0 Å². The number of nitrogens with one attached hydrogen (secondary N) is 1. The maximum atomic E-state index is 5.64. The van der Waals surface area contributed by atoms with Crippen LogP contribution in [0.5, 0.6) is 0 Å². The number of rotatable bonds is 5. The van der Waals surface area contributed by atoms with E-state index >= 15 is 0 Å². The summed E-state index contributed by atoms with van der Waals surface area (Å²) in [4.78, 5) is 0. The molecule has 0 aliphatic heterocycles. The smallest absolute Gasteiger partial charge is 0.0724 e. The highest BCUT2D eigenvalue weighted by Gasteiger charge is 2.25. The van der Waals surface area contributed by atoms with Gasteiger partial charge in [-0.25, -0.2) is 0 Å². The van der Waals surface area contributed by atoms with Gasteiger partial charge in [-0.3, -0.25) is 0 Å². The summed E-state index contributed by atoms with van der Waals surface area (Å²) in [5.74, 6) is 0.751. The maximum Gasteiger partial charge on any atom is 0.0724 e. The zero-order valence-corrected chi connectivity index (χ0v) is 11.5. The fourth-order valence-electron chi connectivity index (χ4n) is 2.60. The van der Waals surface area contributed by atoms with Crippen molar-refractivity contribution in [2.75, 3.05) is 7.11 Å². The van der Waals surface area contributed by atoms with Gasteiger partial charge in [0.1, 0.15) is 0 Å². The molecule has 0 bridgehead atoms. The van der Waals surface area contributed by atoms with Crippen LogP contribution in [0.25, 0.3) is 0 Å². The van der Waals surface area contributed by atoms with Crippen molar-refractivity contribution in [3.05, 3.63) is 0 Å². The number of hydrogen-bond acceptors (Lipinski definition) is 2. The maximum absolute atomic E-state index is 5.64. The van der Waals surface area contributed by atoms with Gasteiger partial charge in [0.25, 0.3) is 0 Å². The summed E-state index contributed by atoms with van der Waals surface area (Å²) in [5, 5.41) is 3.79. The molecule has 0 saturated heterocycles. The molecular weight excluding hydrogens is 198 g/mol. The van der Waals surface area contributed by atoms with Gasteiger partial charge < -0.3 is 10.1 Å².